The van der Waals surface area contributed by atoms with Gasteiger partial charge in [0, 0.05) is 12.6 Å². The standard InChI is InChI=1S/C12H23N5O2/c1-6-16-12(11(17(18)19)10(3)14-16)13-9(2)7-8-15(4)5/h9,13H,6-8H2,1-5H3. The summed E-state index contributed by atoms with van der Waals surface area (Å²) in [6.45, 7) is 7.15. The summed E-state index contributed by atoms with van der Waals surface area (Å²) in [5.74, 6) is 0.510. The number of nitro groups is 1. The maximum Gasteiger partial charge on any atom is 0.333 e. The van der Waals surface area contributed by atoms with Crippen LogP contribution in [0.5, 0.6) is 0 Å². The van der Waals surface area contributed by atoms with Crippen LogP contribution in [0.25, 0.3) is 0 Å². The van der Waals surface area contributed by atoms with Crippen molar-refractivity contribution in [2.45, 2.75) is 39.8 Å². The van der Waals surface area contributed by atoms with Crippen LogP contribution in [-0.2, 0) is 6.54 Å². The number of aryl methyl sites for hydroxylation is 2. The lowest BCUT2D eigenvalue weighted by atomic mass is 10.2. The maximum atomic E-state index is 11.1. The summed E-state index contributed by atoms with van der Waals surface area (Å²) in [7, 11) is 4.02. The first-order valence-corrected chi connectivity index (χ1v) is 6.49. The first-order chi connectivity index (χ1) is 8.86. The van der Waals surface area contributed by atoms with Crippen molar-refractivity contribution in [3.8, 4) is 0 Å². The first-order valence-electron chi connectivity index (χ1n) is 6.49. The Morgan fingerprint density at radius 1 is 1.53 bits per heavy atom. The Bertz CT molecular complexity index is 442. The number of hydrogen-bond donors (Lipinski definition) is 1. The fraction of sp³-hybridized carbons (Fsp3) is 0.750. The van der Waals surface area contributed by atoms with Crippen LogP contribution in [0.3, 0.4) is 0 Å². The number of anilines is 1. The highest BCUT2D eigenvalue weighted by Crippen LogP contribution is 2.28. The second-order valence-electron chi connectivity index (χ2n) is 4.99. The monoisotopic (exact) mass is 269 g/mol. The van der Waals surface area contributed by atoms with Crippen LogP contribution in [0.2, 0.25) is 0 Å². The molecule has 1 atom stereocenters. The molecule has 1 N–H and O–H groups in total. The van der Waals surface area contributed by atoms with Crippen LogP contribution in [0.4, 0.5) is 11.5 Å². The van der Waals surface area contributed by atoms with Crippen LogP contribution >= 0.6 is 0 Å². The molecule has 0 aliphatic carbocycles. The molecule has 7 nitrogen and oxygen atoms in total. The molecule has 0 amide bonds. The van der Waals surface area contributed by atoms with Crippen molar-refractivity contribution in [3.63, 3.8) is 0 Å². The predicted molar refractivity (Wildman–Crippen MR) is 75.5 cm³/mol. The van der Waals surface area contributed by atoms with Gasteiger partial charge in [0.2, 0.25) is 5.82 Å². The second-order valence-corrected chi connectivity index (χ2v) is 4.99. The molecule has 0 fully saturated rings. The van der Waals surface area contributed by atoms with Crippen molar-refractivity contribution in [2.75, 3.05) is 26.0 Å². The van der Waals surface area contributed by atoms with Crippen LogP contribution in [0.1, 0.15) is 26.0 Å². The third-order valence-electron chi connectivity index (χ3n) is 2.97. The fourth-order valence-corrected chi connectivity index (χ4v) is 1.92. The fourth-order valence-electron chi connectivity index (χ4n) is 1.92. The van der Waals surface area contributed by atoms with E-state index in [1.165, 1.54) is 0 Å². The minimum absolute atomic E-state index is 0.0820. The Kier molecular flexibility index (Phi) is 5.29. The number of nitrogens with zero attached hydrogens (tertiary/aromatic N) is 4. The van der Waals surface area contributed by atoms with Gasteiger partial charge in [-0.05, 0) is 47.8 Å². The minimum atomic E-state index is -0.366. The van der Waals surface area contributed by atoms with Crippen molar-refractivity contribution in [1.29, 1.82) is 0 Å². The summed E-state index contributed by atoms with van der Waals surface area (Å²) in [6, 6.07) is 0.155. The highest BCUT2D eigenvalue weighted by Gasteiger charge is 2.25. The summed E-state index contributed by atoms with van der Waals surface area (Å²) in [6.07, 6.45) is 0.915. The van der Waals surface area contributed by atoms with E-state index in [-0.39, 0.29) is 16.7 Å². The van der Waals surface area contributed by atoms with Crippen molar-refractivity contribution in [3.05, 3.63) is 15.8 Å². The molecule has 1 aromatic rings. The number of aromatic nitrogens is 2. The van der Waals surface area contributed by atoms with E-state index in [4.69, 9.17) is 0 Å². The lowest BCUT2D eigenvalue weighted by Gasteiger charge is -2.17. The molecule has 1 aromatic heterocycles. The van der Waals surface area contributed by atoms with Gasteiger partial charge in [0.25, 0.3) is 0 Å². The quantitative estimate of drug-likeness (QED) is 0.604. The van der Waals surface area contributed by atoms with Crippen molar-refractivity contribution in [1.82, 2.24) is 14.7 Å². The van der Waals surface area contributed by atoms with Crippen molar-refractivity contribution < 1.29 is 4.92 Å². The third kappa shape index (κ3) is 3.92. The van der Waals surface area contributed by atoms with E-state index in [9.17, 15) is 10.1 Å². The van der Waals surface area contributed by atoms with Gasteiger partial charge in [-0.1, -0.05) is 0 Å². The van der Waals surface area contributed by atoms with Crippen molar-refractivity contribution in [2.24, 2.45) is 0 Å². The molecule has 1 rings (SSSR count). The lowest BCUT2D eigenvalue weighted by molar-refractivity contribution is -0.384. The van der Waals surface area contributed by atoms with Crippen LogP contribution in [-0.4, -0.2) is 46.3 Å². The van der Waals surface area contributed by atoms with Gasteiger partial charge in [-0.15, -0.1) is 0 Å². The largest absolute Gasteiger partial charge is 0.362 e. The van der Waals surface area contributed by atoms with Gasteiger partial charge in [-0.25, -0.2) is 4.68 Å². The Morgan fingerprint density at radius 3 is 2.63 bits per heavy atom. The molecule has 108 valence electrons. The predicted octanol–water partition coefficient (Wildman–Crippen LogP) is 1.87. The first kappa shape index (κ1) is 15.4. The summed E-state index contributed by atoms with van der Waals surface area (Å²) >= 11 is 0. The zero-order chi connectivity index (χ0) is 14.6. The molecule has 0 saturated carbocycles. The molecule has 7 heteroatoms. The number of nitrogens with one attached hydrogen (secondary N) is 1. The zero-order valence-corrected chi connectivity index (χ0v) is 12.3. The van der Waals surface area contributed by atoms with Gasteiger partial charge in [-0.3, -0.25) is 10.1 Å². The molecule has 0 aliphatic heterocycles. The van der Waals surface area contributed by atoms with E-state index >= 15 is 0 Å². The highest BCUT2D eigenvalue weighted by atomic mass is 16.6. The zero-order valence-electron chi connectivity index (χ0n) is 12.3. The number of rotatable bonds is 7. The lowest BCUT2D eigenvalue weighted by Crippen LogP contribution is -2.24. The molecule has 1 heterocycles. The van der Waals surface area contributed by atoms with Crippen LogP contribution < -0.4 is 5.32 Å². The Labute approximate surface area is 113 Å². The molecule has 0 bridgehead atoms. The molecule has 0 aromatic carbocycles. The molecule has 0 spiro atoms. The van der Waals surface area contributed by atoms with Gasteiger partial charge < -0.3 is 10.2 Å². The van der Waals surface area contributed by atoms with E-state index in [2.05, 4.69) is 15.3 Å². The summed E-state index contributed by atoms with van der Waals surface area (Å²) in [4.78, 5) is 12.9. The smallest absolute Gasteiger partial charge is 0.333 e. The van der Waals surface area contributed by atoms with E-state index in [0.717, 1.165) is 13.0 Å². The Balaban J connectivity index is 2.89. The summed E-state index contributed by atoms with van der Waals surface area (Å²) < 4.78 is 1.65. The summed E-state index contributed by atoms with van der Waals surface area (Å²) in [5, 5.41) is 18.5. The normalized spacial score (nSPS) is 12.7. The molecule has 0 radical (unpaired) electrons. The van der Waals surface area contributed by atoms with Gasteiger partial charge in [0.1, 0.15) is 5.69 Å². The molecule has 0 saturated heterocycles. The molecular weight excluding hydrogens is 246 g/mol. The molecule has 19 heavy (non-hydrogen) atoms. The average molecular weight is 269 g/mol. The molecular formula is C12H23N5O2. The van der Waals surface area contributed by atoms with Gasteiger partial charge in [-0.2, -0.15) is 5.10 Å². The van der Waals surface area contributed by atoms with Gasteiger partial charge in [0.05, 0.1) is 4.92 Å². The van der Waals surface area contributed by atoms with Crippen LogP contribution in [0.15, 0.2) is 0 Å². The third-order valence-corrected chi connectivity index (χ3v) is 2.97. The van der Waals surface area contributed by atoms with Gasteiger partial charge >= 0.3 is 5.69 Å². The van der Waals surface area contributed by atoms with Gasteiger partial charge in [0.15, 0.2) is 0 Å². The van der Waals surface area contributed by atoms with Crippen molar-refractivity contribution >= 4 is 11.5 Å². The van der Waals surface area contributed by atoms with Crippen LogP contribution in [0, 0.1) is 17.0 Å². The average Bonchev–Trinajstić information content (AvgIpc) is 2.62. The van der Waals surface area contributed by atoms with E-state index in [0.29, 0.717) is 18.1 Å². The SMILES string of the molecule is CCn1nc(C)c([N+](=O)[O-])c1NC(C)CCN(C)C. The summed E-state index contributed by atoms with van der Waals surface area (Å²) in [5.41, 5.74) is 0.535. The molecule has 1 unspecified atom stereocenters. The second kappa shape index (κ2) is 6.51. The number of hydrogen-bond acceptors (Lipinski definition) is 5. The van der Waals surface area contributed by atoms with E-state index in [1.807, 2.05) is 27.9 Å². The Hall–Kier alpha value is -1.63. The Morgan fingerprint density at radius 2 is 2.16 bits per heavy atom. The highest BCUT2D eigenvalue weighted by molar-refractivity contribution is 5.59. The van der Waals surface area contributed by atoms with E-state index in [1.54, 1.807) is 11.6 Å². The molecule has 0 aliphatic rings. The maximum absolute atomic E-state index is 11.1. The minimum Gasteiger partial charge on any atom is -0.362 e. The topological polar surface area (TPSA) is 76.2 Å². The van der Waals surface area contributed by atoms with E-state index < -0.39 is 0 Å².